The number of rotatable bonds is 4. The Morgan fingerprint density at radius 1 is 1.35 bits per heavy atom. The summed E-state index contributed by atoms with van der Waals surface area (Å²) in [6.45, 7) is 1.99. The van der Waals surface area contributed by atoms with Crippen molar-refractivity contribution in [1.29, 1.82) is 0 Å². The lowest BCUT2D eigenvalue weighted by molar-refractivity contribution is 0.216. The van der Waals surface area contributed by atoms with Crippen LogP contribution in [0.2, 0.25) is 0 Å². The number of nitrogens with two attached hydrogens (primary N) is 1. The van der Waals surface area contributed by atoms with E-state index in [0.717, 1.165) is 24.0 Å². The average molecular weight is 341 g/mol. The molecule has 0 aliphatic carbocycles. The van der Waals surface area contributed by atoms with Crippen LogP contribution in [0.3, 0.4) is 0 Å². The van der Waals surface area contributed by atoms with Crippen LogP contribution in [0.1, 0.15) is 11.5 Å². The van der Waals surface area contributed by atoms with Crippen LogP contribution in [0.25, 0.3) is 0 Å². The third-order valence-corrected chi connectivity index (χ3v) is 3.88. The van der Waals surface area contributed by atoms with Gasteiger partial charge in [0.05, 0.1) is 11.4 Å². The summed E-state index contributed by atoms with van der Waals surface area (Å²) in [5.74, 6) is 0.484. The van der Waals surface area contributed by atoms with Crippen molar-refractivity contribution in [1.82, 2.24) is 4.90 Å². The molecule has 2 amide bonds. The van der Waals surface area contributed by atoms with E-state index in [1.807, 2.05) is 0 Å². The van der Waals surface area contributed by atoms with Gasteiger partial charge in [-0.1, -0.05) is 0 Å². The second kappa shape index (κ2) is 6.39. The Balaban J connectivity index is 2.12. The molecule has 1 heterocycles. The van der Waals surface area contributed by atoms with Gasteiger partial charge in [0, 0.05) is 12.7 Å². The van der Waals surface area contributed by atoms with Gasteiger partial charge in [-0.2, -0.15) is 0 Å². The molecule has 0 aliphatic heterocycles. The standard InChI is InChI=1S/C14H16FN3O4S/c1-9-3-4-12(22-9)8-18(2)14(19)17-11-5-10(15)6-13(7-11)23(16,20)21/h3-7H,8H2,1-2H3,(H,17,19)(H2,16,20,21). The molecule has 0 spiro atoms. The molecule has 0 atom stereocenters. The van der Waals surface area contributed by atoms with E-state index in [4.69, 9.17) is 9.56 Å². The second-order valence-corrected chi connectivity index (χ2v) is 6.58. The number of carbonyl (C=O) groups excluding carboxylic acids is 1. The Labute approximate surface area is 132 Å². The minimum atomic E-state index is -4.07. The number of aryl methyl sites for hydroxylation is 1. The van der Waals surface area contributed by atoms with Gasteiger partial charge in [0.2, 0.25) is 10.0 Å². The highest BCUT2D eigenvalue weighted by Crippen LogP contribution is 2.18. The first-order valence-corrected chi connectivity index (χ1v) is 8.10. The highest BCUT2D eigenvalue weighted by molar-refractivity contribution is 7.89. The topological polar surface area (TPSA) is 106 Å². The van der Waals surface area contributed by atoms with Crippen LogP contribution >= 0.6 is 0 Å². The predicted octanol–water partition coefficient (Wildman–Crippen LogP) is 2.04. The van der Waals surface area contributed by atoms with Crippen LogP contribution in [0.4, 0.5) is 14.9 Å². The fourth-order valence-electron chi connectivity index (χ4n) is 1.89. The predicted molar refractivity (Wildman–Crippen MR) is 81.7 cm³/mol. The third kappa shape index (κ3) is 4.54. The molecule has 0 unspecified atom stereocenters. The Morgan fingerprint density at radius 2 is 2.04 bits per heavy atom. The van der Waals surface area contributed by atoms with Gasteiger partial charge in [0.25, 0.3) is 0 Å². The van der Waals surface area contributed by atoms with Gasteiger partial charge in [-0.3, -0.25) is 0 Å². The van der Waals surface area contributed by atoms with Crippen LogP contribution in [-0.4, -0.2) is 26.4 Å². The van der Waals surface area contributed by atoms with E-state index in [-0.39, 0.29) is 12.2 Å². The second-order valence-electron chi connectivity index (χ2n) is 5.02. The maximum atomic E-state index is 13.5. The van der Waals surface area contributed by atoms with E-state index < -0.39 is 26.8 Å². The zero-order chi connectivity index (χ0) is 17.2. The van der Waals surface area contributed by atoms with Crippen molar-refractivity contribution in [2.24, 2.45) is 5.14 Å². The molecule has 2 rings (SSSR count). The Morgan fingerprint density at radius 3 is 2.61 bits per heavy atom. The monoisotopic (exact) mass is 341 g/mol. The number of primary sulfonamides is 1. The fourth-order valence-corrected chi connectivity index (χ4v) is 2.46. The van der Waals surface area contributed by atoms with Gasteiger partial charge in [0.1, 0.15) is 17.3 Å². The first-order valence-electron chi connectivity index (χ1n) is 6.56. The summed E-state index contributed by atoms with van der Waals surface area (Å²) in [6.07, 6.45) is 0. The van der Waals surface area contributed by atoms with Crippen molar-refractivity contribution < 1.29 is 22.0 Å². The molecule has 0 saturated carbocycles. The number of halogens is 1. The lowest BCUT2D eigenvalue weighted by Crippen LogP contribution is -2.30. The fraction of sp³-hybridized carbons (Fsp3) is 0.214. The lowest BCUT2D eigenvalue weighted by atomic mass is 10.3. The highest BCUT2D eigenvalue weighted by Gasteiger charge is 2.15. The summed E-state index contributed by atoms with van der Waals surface area (Å²) in [5.41, 5.74) is -0.0125. The number of nitrogens with zero attached hydrogens (tertiary/aromatic N) is 1. The normalized spacial score (nSPS) is 11.3. The molecule has 2 aromatic rings. The van der Waals surface area contributed by atoms with Gasteiger partial charge in [-0.05, 0) is 37.3 Å². The summed E-state index contributed by atoms with van der Waals surface area (Å²) >= 11 is 0. The lowest BCUT2D eigenvalue weighted by Gasteiger charge is -2.17. The number of amides is 2. The van der Waals surface area contributed by atoms with Crippen LogP contribution in [0.5, 0.6) is 0 Å². The quantitative estimate of drug-likeness (QED) is 0.887. The Bertz CT molecular complexity index is 832. The average Bonchev–Trinajstić information content (AvgIpc) is 2.82. The molecule has 0 saturated heterocycles. The SMILES string of the molecule is Cc1ccc(CN(C)C(=O)Nc2cc(F)cc(S(N)(=O)=O)c2)o1. The molecule has 23 heavy (non-hydrogen) atoms. The molecule has 0 aliphatic rings. The van der Waals surface area contributed by atoms with Crippen LogP contribution < -0.4 is 10.5 Å². The molecule has 124 valence electrons. The summed E-state index contributed by atoms with van der Waals surface area (Å²) in [6, 6.07) is 5.82. The third-order valence-electron chi connectivity index (χ3n) is 2.99. The van der Waals surface area contributed by atoms with Crippen LogP contribution in [0, 0.1) is 12.7 Å². The summed E-state index contributed by atoms with van der Waals surface area (Å²) < 4.78 is 41.4. The van der Waals surface area contributed by atoms with E-state index in [9.17, 15) is 17.6 Å². The largest absolute Gasteiger partial charge is 0.464 e. The first-order chi connectivity index (χ1) is 10.6. The highest BCUT2D eigenvalue weighted by atomic mass is 32.2. The number of anilines is 1. The van der Waals surface area contributed by atoms with Crippen molar-refractivity contribution in [3.8, 4) is 0 Å². The molecular weight excluding hydrogens is 325 g/mol. The number of hydrogen-bond donors (Lipinski definition) is 2. The number of sulfonamides is 1. The minimum absolute atomic E-state index is 0.0125. The molecule has 0 bridgehead atoms. The number of hydrogen-bond acceptors (Lipinski definition) is 4. The summed E-state index contributed by atoms with van der Waals surface area (Å²) in [4.78, 5) is 13.0. The van der Waals surface area contributed by atoms with E-state index in [1.165, 1.54) is 11.9 Å². The smallest absolute Gasteiger partial charge is 0.321 e. The van der Waals surface area contributed by atoms with Crippen molar-refractivity contribution in [3.63, 3.8) is 0 Å². The minimum Gasteiger partial charge on any atom is -0.464 e. The van der Waals surface area contributed by atoms with Gasteiger partial charge < -0.3 is 14.6 Å². The molecular formula is C14H16FN3O4S. The van der Waals surface area contributed by atoms with E-state index in [2.05, 4.69) is 5.32 Å². The molecule has 3 N–H and O–H groups in total. The van der Waals surface area contributed by atoms with Crippen molar-refractivity contribution >= 4 is 21.7 Å². The van der Waals surface area contributed by atoms with Gasteiger partial charge >= 0.3 is 6.03 Å². The number of nitrogens with one attached hydrogen (secondary N) is 1. The van der Waals surface area contributed by atoms with Gasteiger partial charge in [-0.25, -0.2) is 22.7 Å². The van der Waals surface area contributed by atoms with Crippen LogP contribution in [0.15, 0.2) is 39.6 Å². The maximum absolute atomic E-state index is 13.5. The summed E-state index contributed by atoms with van der Waals surface area (Å²) in [5, 5.41) is 7.37. The van der Waals surface area contributed by atoms with E-state index in [0.29, 0.717) is 5.76 Å². The maximum Gasteiger partial charge on any atom is 0.321 e. The van der Waals surface area contributed by atoms with Gasteiger partial charge in [0.15, 0.2) is 0 Å². The van der Waals surface area contributed by atoms with E-state index >= 15 is 0 Å². The molecule has 0 radical (unpaired) electrons. The Kier molecular flexibility index (Phi) is 4.71. The van der Waals surface area contributed by atoms with E-state index in [1.54, 1.807) is 19.1 Å². The van der Waals surface area contributed by atoms with Gasteiger partial charge in [-0.15, -0.1) is 0 Å². The molecule has 9 heteroatoms. The van der Waals surface area contributed by atoms with Crippen molar-refractivity contribution in [3.05, 3.63) is 47.7 Å². The molecule has 0 fully saturated rings. The number of urea groups is 1. The summed E-state index contributed by atoms with van der Waals surface area (Å²) in [7, 11) is -2.55. The first kappa shape index (κ1) is 17.0. The number of furan rings is 1. The zero-order valence-electron chi connectivity index (χ0n) is 12.5. The Hall–Kier alpha value is -2.39. The van der Waals surface area contributed by atoms with Crippen LogP contribution in [-0.2, 0) is 16.6 Å². The molecule has 1 aromatic heterocycles. The number of carbonyl (C=O) groups is 1. The number of benzene rings is 1. The molecule has 1 aromatic carbocycles. The zero-order valence-corrected chi connectivity index (χ0v) is 13.4. The van der Waals surface area contributed by atoms with Crippen molar-refractivity contribution in [2.75, 3.05) is 12.4 Å². The van der Waals surface area contributed by atoms with Crippen molar-refractivity contribution in [2.45, 2.75) is 18.4 Å². The molecule has 7 nitrogen and oxygen atoms in total.